The van der Waals surface area contributed by atoms with E-state index >= 15 is 0 Å². The molecule has 0 spiro atoms. The zero-order valence-corrected chi connectivity index (χ0v) is 60.6. The first-order valence-electron chi connectivity index (χ1n) is 34.2. The van der Waals surface area contributed by atoms with Gasteiger partial charge in [-0.3, -0.25) is 0 Å². The molecular formula is C60H114O51. The third-order valence-corrected chi connectivity index (χ3v) is 19.0. The van der Waals surface area contributed by atoms with Gasteiger partial charge in [0.15, 0.2) is 44.0 Å². The van der Waals surface area contributed by atoms with Gasteiger partial charge in [0.25, 0.3) is 0 Å². The highest BCUT2D eigenvalue weighted by molar-refractivity contribution is 5.01. The average molecular weight is 1650 g/mol. The van der Waals surface area contributed by atoms with Crippen LogP contribution in [0.2, 0.25) is 0 Å². The minimum atomic E-state index is -2.14. The summed E-state index contributed by atoms with van der Waals surface area (Å²) in [6.07, 6.45) is -56.0. The fraction of sp³-hybridized carbons (Fsp3) is 1.00. The van der Waals surface area contributed by atoms with Crippen molar-refractivity contribution in [3.63, 3.8) is 0 Å². The molecular weight excluding hydrogens is 1540 g/mol. The average Bonchev–Trinajstić information content (AvgIpc) is 1.65. The summed E-state index contributed by atoms with van der Waals surface area (Å²) in [6, 6.07) is 0. The Balaban J connectivity index is 0.000000287. The second-order valence-corrected chi connectivity index (χ2v) is 26.1. The molecule has 33 N–H and O–H groups in total. The zero-order valence-electron chi connectivity index (χ0n) is 60.6. The molecule has 0 radical (unpaired) electrons. The van der Waals surface area contributed by atoms with E-state index in [0.29, 0.717) is 0 Å². The lowest BCUT2D eigenvalue weighted by Crippen LogP contribution is -2.64. The van der Waals surface area contributed by atoms with Gasteiger partial charge in [0.1, 0.15) is 221 Å². The monoisotopic (exact) mass is 1650 g/mol. The number of methoxy groups -OCH3 is 6. The molecule has 9 saturated heterocycles. The van der Waals surface area contributed by atoms with Gasteiger partial charge in [-0.25, -0.2) is 0 Å². The van der Waals surface area contributed by atoms with Crippen molar-refractivity contribution >= 4 is 0 Å². The van der Waals surface area contributed by atoms with Crippen LogP contribution in [-0.4, -0.2) is 547 Å². The predicted octanol–water partition coefficient (Wildman–Crippen LogP) is -21.9. The Bertz CT molecular complexity index is 2360. The minimum absolute atomic E-state index is 0.0992. The molecule has 43 atom stereocenters. The molecule has 51 heteroatoms. The van der Waals surface area contributed by atoms with Crippen LogP contribution < -0.4 is 0 Å². The highest BCUT2D eigenvalue weighted by atomic mass is 16.8. The van der Waals surface area contributed by atoms with E-state index in [2.05, 4.69) is 0 Å². The standard InChI is InChI=1S/3C13H24O11.3C7H14O6/c1-21-3-6-8(17)11(20)13(4-15,23-6)24-12-10(19)9(18)7(16)5(2-14)22-12;2*1-21-12-10(20)8(18)11(5(3-15)23-12)24-13-9(19)7(17)6(16)4(2-14)22-13;1-12-7(3-9)6(11)5(10)4(2-8)13-7;2*1-12-7-6(11)5(10)4(9)3(2-8)13-7/h5-12,14-20H,2-4H2,1H3;2*4-20H,2-3H2,1H3;4-6,8-11H,2-3H2,1H3;2*3-11H,2H2,1H3/t5-,6-,7-,8-,9+,10-,11+,12-,13+;4-,5?,6-,7+,8-,9-,10-,11-,12+,13-;4-,5-,6+,7+,8-,9-,10-,11-,12+,13+;4-,5-,6+,7?;3-,4+,5+,6-,7?;3-,4-,5+,6-,7?/m111111/s1. The van der Waals surface area contributed by atoms with Crippen molar-refractivity contribution in [1.29, 1.82) is 0 Å². The van der Waals surface area contributed by atoms with E-state index in [0.717, 1.165) is 0 Å². The lowest BCUT2D eigenvalue weighted by atomic mass is 9.97. The number of hydrogen-bond acceptors (Lipinski definition) is 51. The van der Waals surface area contributed by atoms with Crippen molar-refractivity contribution in [2.45, 2.75) is 263 Å². The molecule has 0 amide bonds. The molecule has 111 heavy (non-hydrogen) atoms. The number of hydrogen-bond donors (Lipinski definition) is 33. The van der Waals surface area contributed by atoms with Crippen molar-refractivity contribution in [3.05, 3.63) is 0 Å². The SMILES string of the molecule is COC1(CO)O[C@H](CO)[C@@H](O)[C@@H]1O.COC1O[C@H](CO)[C@@H](O)[C@H](O)[C@H]1O.COC1O[C@H](CO)[C@H](O)[C@H](O)[C@H]1O.COC[C@H]1O[C@@](CO)(O[C@H]2O[C@H](CO)[C@@H](O)[C@H](O)[C@H]2O)[C@@H](O)[C@@H]1O.CO[C@H]1OC(CO)[C@@H](O[C@H]2O[C@H](CO)[C@@H](O)[C@H](O)[C@H]2O)[C@H](O)[C@H]1O.CO[C@H]1O[C@H](CO)[C@@H](O[C@@H]2O[C@H](CO)[C@H](O)[C@H](O)[C@H]2O)[C@H](O)[C@H]1O. The van der Waals surface area contributed by atoms with Crippen molar-refractivity contribution in [3.8, 4) is 0 Å². The molecule has 0 aliphatic carbocycles. The normalized spacial score (nSPS) is 48.5. The molecule has 0 aromatic carbocycles. The van der Waals surface area contributed by atoms with Crippen LogP contribution in [0.1, 0.15) is 0 Å². The van der Waals surface area contributed by atoms with Crippen LogP contribution in [0.15, 0.2) is 0 Å². The molecule has 4 unspecified atom stereocenters. The molecule has 0 aromatic heterocycles. The van der Waals surface area contributed by atoms with Crippen LogP contribution in [0.25, 0.3) is 0 Å². The van der Waals surface area contributed by atoms with Crippen LogP contribution in [-0.2, 0) is 85.3 Å². The van der Waals surface area contributed by atoms with E-state index < -0.39 is 329 Å². The van der Waals surface area contributed by atoms with Crippen molar-refractivity contribution in [1.82, 2.24) is 0 Å². The van der Waals surface area contributed by atoms with Gasteiger partial charge in [0, 0.05) is 42.7 Å². The first-order chi connectivity index (χ1) is 52.3. The summed E-state index contributed by atoms with van der Waals surface area (Å²) >= 11 is 0. The Morgan fingerprint density at radius 2 is 0.468 bits per heavy atom. The molecule has 0 aromatic rings. The first-order valence-corrected chi connectivity index (χ1v) is 34.2. The molecule has 9 rings (SSSR count). The Kier molecular flexibility index (Phi) is 43.0. The molecule has 51 nitrogen and oxygen atoms in total. The Morgan fingerprint density at radius 1 is 0.234 bits per heavy atom. The number of ether oxygens (including phenoxy) is 18. The maximum absolute atomic E-state index is 10.2. The zero-order chi connectivity index (χ0) is 84.2. The number of rotatable bonds is 23. The summed E-state index contributed by atoms with van der Waals surface area (Å²) in [5, 5.41) is 314. The Labute approximate surface area is 631 Å². The van der Waals surface area contributed by atoms with Crippen LogP contribution in [0.5, 0.6) is 0 Å². The van der Waals surface area contributed by atoms with E-state index in [9.17, 15) is 133 Å². The molecule has 660 valence electrons. The maximum atomic E-state index is 10.2. The Hall–Kier alpha value is -2.04. The second-order valence-electron chi connectivity index (χ2n) is 26.1. The van der Waals surface area contributed by atoms with Gasteiger partial charge in [0.05, 0.1) is 59.5 Å². The van der Waals surface area contributed by atoms with E-state index in [4.69, 9.17) is 121 Å². The lowest BCUT2D eigenvalue weighted by molar-refractivity contribution is -0.383. The first kappa shape index (κ1) is 101. The number of aliphatic hydroxyl groups excluding tert-OH is 33. The summed E-state index contributed by atoms with van der Waals surface area (Å²) in [5.41, 5.74) is 0. The minimum Gasteiger partial charge on any atom is -0.394 e. The summed E-state index contributed by atoms with van der Waals surface area (Å²) in [4.78, 5) is 0. The van der Waals surface area contributed by atoms with Gasteiger partial charge in [-0.05, 0) is 0 Å². The second kappa shape index (κ2) is 47.1. The third-order valence-electron chi connectivity index (χ3n) is 19.0. The topological polar surface area (TPSA) is 834 Å². The van der Waals surface area contributed by atoms with Crippen molar-refractivity contribution < 1.29 is 254 Å². The molecule has 9 aliphatic rings. The van der Waals surface area contributed by atoms with E-state index in [1.54, 1.807) is 0 Å². The molecule has 0 saturated carbocycles. The van der Waals surface area contributed by atoms with E-state index in [1.165, 1.54) is 42.7 Å². The van der Waals surface area contributed by atoms with Gasteiger partial charge in [-0.15, -0.1) is 0 Å². The van der Waals surface area contributed by atoms with Crippen molar-refractivity contribution in [2.75, 3.05) is 115 Å². The Morgan fingerprint density at radius 3 is 0.721 bits per heavy atom. The molecule has 9 fully saturated rings. The van der Waals surface area contributed by atoms with Crippen LogP contribution >= 0.6 is 0 Å². The van der Waals surface area contributed by atoms with Crippen LogP contribution in [0.4, 0.5) is 0 Å². The highest BCUT2D eigenvalue weighted by Gasteiger charge is 2.60. The predicted molar refractivity (Wildman–Crippen MR) is 343 cm³/mol. The molecule has 9 aliphatic heterocycles. The maximum Gasteiger partial charge on any atom is 0.224 e. The van der Waals surface area contributed by atoms with Gasteiger partial charge < -0.3 is 254 Å². The molecule has 9 heterocycles. The van der Waals surface area contributed by atoms with Gasteiger partial charge >= 0.3 is 0 Å². The van der Waals surface area contributed by atoms with Crippen LogP contribution in [0.3, 0.4) is 0 Å². The third kappa shape index (κ3) is 24.0. The van der Waals surface area contributed by atoms with Gasteiger partial charge in [-0.1, -0.05) is 0 Å². The molecule has 0 bridgehead atoms. The van der Waals surface area contributed by atoms with E-state index in [-0.39, 0.29) is 6.61 Å². The highest BCUT2D eigenvalue weighted by Crippen LogP contribution is 2.38. The van der Waals surface area contributed by atoms with Gasteiger partial charge in [0.2, 0.25) is 11.6 Å². The summed E-state index contributed by atoms with van der Waals surface area (Å²) in [7, 11) is 7.67. The summed E-state index contributed by atoms with van der Waals surface area (Å²) < 4.78 is 91.0. The quantitative estimate of drug-likeness (QED) is 0.0452. The summed E-state index contributed by atoms with van der Waals surface area (Å²) in [5.74, 6) is -3.76. The fourth-order valence-electron chi connectivity index (χ4n) is 12.2. The van der Waals surface area contributed by atoms with Gasteiger partial charge in [-0.2, -0.15) is 0 Å². The smallest absolute Gasteiger partial charge is 0.224 e. The van der Waals surface area contributed by atoms with E-state index in [1.807, 2.05) is 0 Å². The van der Waals surface area contributed by atoms with Crippen LogP contribution in [0, 0.1) is 0 Å². The van der Waals surface area contributed by atoms with Crippen molar-refractivity contribution in [2.24, 2.45) is 0 Å². The lowest BCUT2D eigenvalue weighted by Gasteiger charge is -2.45. The fourth-order valence-corrected chi connectivity index (χ4v) is 12.2. The largest absolute Gasteiger partial charge is 0.394 e. The summed E-state index contributed by atoms with van der Waals surface area (Å²) in [6.45, 7) is -6.05. The number of aliphatic hydroxyl groups is 33.